The van der Waals surface area contributed by atoms with Crippen molar-refractivity contribution in [1.82, 2.24) is 35.5 Å². The highest BCUT2D eigenvalue weighted by Gasteiger charge is 2.37. The number of nitrogens with one attached hydrogen (secondary N) is 4. The Kier molecular flexibility index (Phi) is 11.3. The fraction of sp³-hybridized carbons (Fsp3) is 0.395. The molecule has 51 heavy (non-hydrogen) atoms. The Morgan fingerprint density at radius 3 is 2.55 bits per heavy atom. The second-order valence-electron chi connectivity index (χ2n) is 12.9. The topological polar surface area (TPSA) is 175 Å². The summed E-state index contributed by atoms with van der Waals surface area (Å²) in [5.41, 5.74) is 5.65. The molecule has 0 aliphatic carbocycles. The average molecular weight is 696 g/mol. The number of aromatic amines is 2. The Labute approximate surface area is 296 Å². The molecule has 1 aliphatic heterocycles. The number of aliphatic hydroxyl groups excluding tert-OH is 1. The first-order chi connectivity index (χ1) is 24.7. The van der Waals surface area contributed by atoms with E-state index < -0.39 is 30.2 Å². The molecule has 13 heteroatoms. The van der Waals surface area contributed by atoms with E-state index >= 15 is 0 Å². The molecule has 0 radical (unpaired) electrons. The number of H-pyrrole nitrogens is 2. The zero-order valence-electron chi connectivity index (χ0n) is 29.2. The number of aryl methyl sites for hydroxylation is 1. The predicted octanol–water partition coefficient (Wildman–Crippen LogP) is 5.02. The maximum absolute atomic E-state index is 13.5. The Hall–Kier alpha value is -5.27. The third kappa shape index (κ3) is 8.38. The van der Waals surface area contributed by atoms with Gasteiger partial charge >= 0.3 is 6.09 Å². The van der Waals surface area contributed by atoms with Crippen LogP contribution in [-0.4, -0.2) is 93.4 Å². The molecule has 6 rings (SSSR count). The minimum atomic E-state index is -1.18. The van der Waals surface area contributed by atoms with Gasteiger partial charge in [-0.25, -0.2) is 14.8 Å². The van der Waals surface area contributed by atoms with Gasteiger partial charge in [0.15, 0.2) is 0 Å². The lowest BCUT2D eigenvalue weighted by atomic mass is 9.99. The third-order valence-corrected chi connectivity index (χ3v) is 9.19. The van der Waals surface area contributed by atoms with Crippen molar-refractivity contribution in [2.45, 2.75) is 64.1 Å². The van der Waals surface area contributed by atoms with Crippen molar-refractivity contribution in [3.05, 3.63) is 72.4 Å². The summed E-state index contributed by atoms with van der Waals surface area (Å²) in [7, 11) is 1.20. The van der Waals surface area contributed by atoms with Crippen molar-refractivity contribution in [2.75, 3.05) is 33.4 Å². The van der Waals surface area contributed by atoms with Gasteiger partial charge in [0.05, 0.1) is 49.4 Å². The second kappa shape index (κ2) is 16.2. The second-order valence-corrected chi connectivity index (χ2v) is 12.9. The highest BCUT2D eigenvalue weighted by atomic mass is 16.5. The average Bonchev–Trinajstić information content (AvgIpc) is 3.80. The van der Waals surface area contributed by atoms with E-state index in [4.69, 9.17) is 9.72 Å². The fourth-order valence-electron chi connectivity index (χ4n) is 6.40. The number of imidazole rings is 2. The molecule has 0 spiro atoms. The summed E-state index contributed by atoms with van der Waals surface area (Å²) >= 11 is 0. The summed E-state index contributed by atoms with van der Waals surface area (Å²) in [6, 6.07) is 17.1. The number of aromatic nitrogens is 4. The van der Waals surface area contributed by atoms with Crippen LogP contribution < -0.4 is 10.6 Å². The Morgan fingerprint density at radius 1 is 1.04 bits per heavy atom. The van der Waals surface area contributed by atoms with Gasteiger partial charge < -0.3 is 40.1 Å². The van der Waals surface area contributed by atoms with E-state index in [9.17, 15) is 19.5 Å². The number of methoxy groups -OCH3 is 1. The Bertz CT molecular complexity index is 2000. The first-order valence-corrected chi connectivity index (χ1v) is 17.5. The van der Waals surface area contributed by atoms with Crippen molar-refractivity contribution in [3.8, 4) is 22.4 Å². The summed E-state index contributed by atoms with van der Waals surface area (Å²) in [4.78, 5) is 54.8. The molecule has 3 atom stereocenters. The van der Waals surface area contributed by atoms with Gasteiger partial charge in [-0.15, -0.1) is 0 Å². The number of morpholine rings is 1. The lowest BCUT2D eigenvalue weighted by Crippen LogP contribution is -2.56. The van der Waals surface area contributed by atoms with E-state index in [1.807, 2.05) is 31.3 Å². The maximum Gasteiger partial charge on any atom is 0.407 e. The quantitative estimate of drug-likeness (QED) is 0.107. The molecule has 2 aromatic heterocycles. The Balaban J connectivity index is 1.14. The predicted molar refractivity (Wildman–Crippen MR) is 194 cm³/mol. The highest BCUT2D eigenvalue weighted by molar-refractivity contribution is 5.92. The normalized spacial score (nSPS) is 15.8. The lowest BCUT2D eigenvalue weighted by molar-refractivity contribution is -0.145. The minimum Gasteiger partial charge on any atom is -0.453 e. The molecule has 5 N–H and O–H groups in total. The number of ether oxygens (including phenoxy) is 2. The van der Waals surface area contributed by atoms with E-state index in [1.54, 1.807) is 4.90 Å². The van der Waals surface area contributed by atoms with Crippen LogP contribution in [0.2, 0.25) is 0 Å². The molecule has 3 heterocycles. The molecule has 3 unspecified atom stereocenters. The Morgan fingerprint density at radius 2 is 1.78 bits per heavy atom. The number of nitrogens with zero attached hydrogens (tertiary/aromatic N) is 3. The summed E-state index contributed by atoms with van der Waals surface area (Å²) in [6.07, 6.45) is 4.06. The molecule has 1 aliphatic rings. The molecular weight excluding hydrogens is 650 g/mol. The summed E-state index contributed by atoms with van der Waals surface area (Å²) in [5.74, 6) is 1.16. The zero-order chi connectivity index (χ0) is 35.9. The van der Waals surface area contributed by atoms with E-state index in [0.29, 0.717) is 25.4 Å². The number of hydrogen-bond donors (Lipinski definition) is 5. The SMILES string of the molecule is CCCC(=O)NCCCCc1ncc(-c2ccc3cc(-c4ccc5nc(C6COCCN6C(=O)C(NC(=O)OC)C(C)O)[nH]c5c4)ccc3c2)[nH]1. The van der Waals surface area contributed by atoms with Crippen LogP contribution >= 0.6 is 0 Å². The molecule has 0 saturated carbocycles. The number of fused-ring (bicyclic) bond motifs is 2. The smallest absolute Gasteiger partial charge is 0.407 e. The van der Waals surface area contributed by atoms with Gasteiger partial charge in [0.2, 0.25) is 11.8 Å². The van der Waals surface area contributed by atoms with Crippen LogP contribution in [0.1, 0.15) is 57.2 Å². The molecule has 0 bridgehead atoms. The number of rotatable bonds is 13. The number of hydrogen-bond acceptors (Lipinski definition) is 8. The summed E-state index contributed by atoms with van der Waals surface area (Å²) in [5, 5.41) is 17.9. The molecule has 3 aromatic carbocycles. The molecule has 1 saturated heterocycles. The number of alkyl carbamates (subject to hydrolysis) is 1. The van der Waals surface area contributed by atoms with E-state index in [0.717, 1.165) is 75.7 Å². The first-order valence-electron chi connectivity index (χ1n) is 17.5. The van der Waals surface area contributed by atoms with Crippen LogP contribution in [0.3, 0.4) is 0 Å². The van der Waals surface area contributed by atoms with Gasteiger partial charge in [0.1, 0.15) is 23.7 Å². The first kappa shape index (κ1) is 35.6. The van der Waals surface area contributed by atoms with E-state index in [-0.39, 0.29) is 19.1 Å². The van der Waals surface area contributed by atoms with Gasteiger partial charge in [-0.2, -0.15) is 0 Å². The maximum atomic E-state index is 13.5. The third-order valence-electron chi connectivity index (χ3n) is 9.19. The molecule has 268 valence electrons. The number of benzene rings is 3. The number of carbonyl (C=O) groups is 3. The molecule has 5 aromatic rings. The van der Waals surface area contributed by atoms with Crippen molar-refractivity contribution in [1.29, 1.82) is 0 Å². The van der Waals surface area contributed by atoms with Crippen LogP contribution in [-0.2, 0) is 25.5 Å². The van der Waals surface area contributed by atoms with Crippen LogP contribution in [0.4, 0.5) is 4.79 Å². The number of unbranched alkanes of at least 4 members (excludes halogenated alkanes) is 1. The largest absolute Gasteiger partial charge is 0.453 e. The van der Waals surface area contributed by atoms with Crippen molar-refractivity contribution >= 4 is 39.7 Å². The van der Waals surface area contributed by atoms with Gasteiger partial charge in [0, 0.05) is 31.5 Å². The van der Waals surface area contributed by atoms with Gasteiger partial charge in [-0.05, 0) is 72.4 Å². The van der Waals surface area contributed by atoms with Crippen molar-refractivity contribution in [2.24, 2.45) is 0 Å². The van der Waals surface area contributed by atoms with Crippen molar-refractivity contribution in [3.63, 3.8) is 0 Å². The van der Waals surface area contributed by atoms with Crippen LogP contribution in [0.5, 0.6) is 0 Å². The number of aliphatic hydroxyl groups is 1. The zero-order valence-corrected chi connectivity index (χ0v) is 29.2. The minimum absolute atomic E-state index is 0.115. The van der Waals surface area contributed by atoms with E-state index in [1.165, 1.54) is 14.0 Å². The number of carbonyl (C=O) groups excluding carboxylic acids is 3. The monoisotopic (exact) mass is 695 g/mol. The van der Waals surface area contributed by atoms with Crippen LogP contribution in [0, 0.1) is 0 Å². The lowest BCUT2D eigenvalue weighted by Gasteiger charge is -2.37. The molecule has 3 amide bonds. The highest BCUT2D eigenvalue weighted by Crippen LogP contribution is 2.31. The van der Waals surface area contributed by atoms with Crippen LogP contribution in [0.15, 0.2) is 60.8 Å². The number of amides is 3. The van der Waals surface area contributed by atoms with Crippen molar-refractivity contribution < 1.29 is 29.0 Å². The van der Waals surface area contributed by atoms with Gasteiger partial charge in [-0.1, -0.05) is 37.3 Å². The van der Waals surface area contributed by atoms with Crippen LogP contribution in [0.25, 0.3) is 44.2 Å². The molecule has 1 fully saturated rings. The summed E-state index contributed by atoms with van der Waals surface area (Å²) in [6.45, 7) is 4.96. The molecule has 13 nitrogen and oxygen atoms in total. The van der Waals surface area contributed by atoms with E-state index in [2.05, 4.69) is 66.7 Å². The summed E-state index contributed by atoms with van der Waals surface area (Å²) < 4.78 is 10.4. The standard InChI is InChI=1S/C38H45N7O6/c1-4-7-34(47)39-15-6-5-8-33-40-21-31(41-33)28-12-11-24-18-25(9-10-26(24)19-28)27-13-14-29-30(20-27)43-36(42-29)32-22-51-17-16-45(32)37(48)35(23(2)46)44-38(49)50-3/h9-14,18-21,23,32,35,46H,4-8,15-17,22H2,1-3H3,(H,39,47)(H,40,41)(H,42,43)(H,44,49). The van der Waals surface area contributed by atoms with Gasteiger partial charge in [0.25, 0.3) is 0 Å². The fourth-order valence-corrected chi connectivity index (χ4v) is 6.40. The van der Waals surface area contributed by atoms with Gasteiger partial charge in [-0.3, -0.25) is 9.59 Å². The molecular formula is C38H45N7O6.